The lowest BCUT2D eigenvalue weighted by molar-refractivity contribution is 0.414. The third-order valence-corrected chi connectivity index (χ3v) is 3.68. The molecule has 0 heterocycles. The summed E-state index contributed by atoms with van der Waals surface area (Å²) in [6, 6.07) is 5.96. The van der Waals surface area contributed by atoms with Crippen LogP contribution in [0, 0.1) is 0 Å². The molecule has 0 bridgehead atoms. The molecule has 0 saturated carbocycles. The summed E-state index contributed by atoms with van der Waals surface area (Å²) in [4.78, 5) is 0. The van der Waals surface area contributed by atoms with E-state index in [1.54, 1.807) is 7.11 Å². The van der Waals surface area contributed by atoms with E-state index >= 15 is 0 Å². The second-order valence-electron chi connectivity index (χ2n) is 2.40. The predicted molar refractivity (Wildman–Crippen MR) is 56.0 cm³/mol. The Morgan fingerprint density at radius 1 is 1.58 bits per heavy atom. The van der Waals surface area contributed by atoms with Crippen molar-refractivity contribution >= 4 is 44.3 Å². The van der Waals surface area contributed by atoms with Gasteiger partial charge < -0.3 is 13.8 Å². The summed E-state index contributed by atoms with van der Waals surface area (Å²) >= 11 is 3.03. The van der Waals surface area contributed by atoms with Gasteiger partial charge in [0.2, 0.25) is 0 Å². The van der Waals surface area contributed by atoms with E-state index in [4.69, 9.17) is 13.8 Å². The molecule has 0 aliphatic rings. The zero-order valence-corrected chi connectivity index (χ0v) is 10.6. The first kappa shape index (κ1) is 10.6. The maximum absolute atomic E-state index is 5.78. The molecule has 0 radical (unpaired) electrons. The first-order valence-electron chi connectivity index (χ1n) is 3.66. The van der Waals surface area contributed by atoms with Gasteiger partial charge in [-0.05, 0) is 18.2 Å². The molecule has 1 nitrogen and oxygen atoms in total. The third-order valence-electron chi connectivity index (χ3n) is 1.62. The second kappa shape index (κ2) is 5.32. The number of hydrogen-bond acceptors (Lipinski definition) is 1. The van der Waals surface area contributed by atoms with Crippen molar-refractivity contribution in [3.05, 3.63) is 28.2 Å². The lowest BCUT2D eigenvalue weighted by Gasteiger charge is -2.04. The molecule has 1 aromatic rings. The van der Waals surface area contributed by atoms with E-state index in [0.717, 1.165) is 14.8 Å². The van der Waals surface area contributed by atoms with Crippen molar-refractivity contribution in [2.45, 2.75) is 4.55 Å². The van der Waals surface area contributed by atoms with E-state index in [-0.39, 0.29) is 0 Å². The largest absolute Gasteiger partial charge is 0.505 e. The Kier molecular flexibility index (Phi) is 4.72. The zero-order valence-electron chi connectivity index (χ0n) is 6.81. The molecular weight excluding hydrogens is 252 g/mol. The highest BCUT2D eigenvalue weighted by atomic mass is 79.9. The van der Waals surface area contributed by atoms with Gasteiger partial charge in [-0.15, -0.1) is 0 Å². The van der Waals surface area contributed by atoms with Crippen molar-refractivity contribution < 1.29 is 4.74 Å². The van der Waals surface area contributed by atoms with Crippen LogP contribution in [0.2, 0.25) is 0 Å². The van der Waals surface area contributed by atoms with E-state index in [9.17, 15) is 0 Å². The molecule has 0 saturated heterocycles. The molecule has 12 heavy (non-hydrogen) atoms. The van der Waals surface area contributed by atoms with Gasteiger partial charge in [0.25, 0.3) is 0 Å². The van der Waals surface area contributed by atoms with Gasteiger partial charge in [0.15, 0.2) is 0 Å². The average Bonchev–Trinajstić information content (AvgIpc) is 2.09. The molecule has 0 atom stereocenters. The molecule has 0 spiro atoms. The summed E-state index contributed by atoms with van der Waals surface area (Å²) in [7, 11) is 7.45. The fourth-order valence-electron chi connectivity index (χ4n) is 0.971. The maximum atomic E-state index is 5.78. The highest BCUT2D eigenvalue weighted by Gasteiger charge is 2.02. The Balaban J connectivity index is 2.91. The SMILES string of the molecule is COc1ccc(Br)c([CH2][Mg][Cl])c1. The Morgan fingerprint density at radius 2 is 2.33 bits per heavy atom. The Labute approximate surface area is 94.1 Å². The number of benzene rings is 1. The number of ether oxygens (including phenoxy) is 1. The minimum atomic E-state index is -0.443. The first-order valence-corrected chi connectivity index (χ1v) is 7.59. The van der Waals surface area contributed by atoms with Crippen LogP contribution in [-0.2, 0) is 4.55 Å². The molecule has 0 unspecified atom stereocenters. The fraction of sp³-hybridized carbons (Fsp3) is 0.250. The van der Waals surface area contributed by atoms with Crippen molar-refractivity contribution in [2.75, 3.05) is 7.11 Å². The van der Waals surface area contributed by atoms with Gasteiger partial charge in [-0.3, -0.25) is 0 Å². The quantitative estimate of drug-likeness (QED) is 0.759. The monoisotopic (exact) mass is 258 g/mol. The number of methoxy groups -OCH3 is 1. The van der Waals surface area contributed by atoms with E-state index in [1.165, 1.54) is 5.56 Å². The van der Waals surface area contributed by atoms with Crippen molar-refractivity contribution in [1.82, 2.24) is 0 Å². The molecule has 0 fully saturated rings. The predicted octanol–water partition coefficient (Wildman–Crippen LogP) is 2.82. The van der Waals surface area contributed by atoms with Crippen LogP contribution in [0.1, 0.15) is 5.56 Å². The summed E-state index contributed by atoms with van der Waals surface area (Å²) in [5.74, 6) is 0.896. The van der Waals surface area contributed by atoms with Crippen LogP contribution in [0.5, 0.6) is 5.75 Å². The molecule has 1 aromatic carbocycles. The van der Waals surface area contributed by atoms with Crippen LogP contribution in [0.25, 0.3) is 0 Å². The molecule has 1 rings (SSSR count). The molecule has 4 heteroatoms. The second-order valence-corrected chi connectivity index (χ2v) is 5.26. The third kappa shape index (κ3) is 2.80. The van der Waals surface area contributed by atoms with Crippen molar-refractivity contribution in [2.24, 2.45) is 0 Å². The van der Waals surface area contributed by atoms with Crippen molar-refractivity contribution in [1.29, 1.82) is 0 Å². The highest BCUT2D eigenvalue weighted by molar-refractivity contribution is 9.10. The highest BCUT2D eigenvalue weighted by Crippen LogP contribution is 2.22. The van der Waals surface area contributed by atoms with Gasteiger partial charge in [-0.25, -0.2) is 0 Å². The number of halogens is 2. The summed E-state index contributed by atoms with van der Waals surface area (Å²) in [6.45, 7) is 0. The first-order chi connectivity index (χ1) is 5.77. The summed E-state index contributed by atoms with van der Waals surface area (Å²) in [5.41, 5.74) is 1.25. The van der Waals surface area contributed by atoms with Gasteiger partial charge in [0, 0.05) is 4.47 Å². The lowest BCUT2D eigenvalue weighted by atomic mass is 10.2. The van der Waals surface area contributed by atoms with Gasteiger partial charge in [0.05, 0.1) is 7.11 Å². The lowest BCUT2D eigenvalue weighted by Crippen LogP contribution is -1.92. The minimum Gasteiger partial charge on any atom is -0.497 e. The Hall–Kier alpha value is 0.556. The van der Waals surface area contributed by atoms with E-state index < -0.39 is 19.3 Å². The van der Waals surface area contributed by atoms with Crippen molar-refractivity contribution in [3.8, 4) is 5.75 Å². The average molecular weight is 260 g/mol. The molecule has 0 aromatic heterocycles. The molecule has 0 amide bonds. The molecule has 0 aliphatic carbocycles. The van der Waals surface area contributed by atoms with Crippen LogP contribution in [0.15, 0.2) is 22.7 Å². The van der Waals surface area contributed by atoms with Crippen LogP contribution in [0.3, 0.4) is 0 Å². The van der Waals surface area contributed by atoms with Gasteiger partial charge in [-0.1, -0.05) is 26.0 Å². The molecule has 0 N–H and O–H groups in total. The standard InChI is InChI=1S/C8H8BrO.ClH.Mg/c1-6-5-7(10-2)3-4-8(6)9;;/h3-5H,1H2,2H3;1H;/q;;+1/p-1. The van der Waals surface area contributed by atoms with E-state index in [2.05, 4.69) is 15.9 Å². The summed E-state index contributed by atoms with van der Waals surface area (Å²) < 4.78 is 7.23. The van der Waals surface area contributed by atoms with Crippen LogP contribution in [0.4, 0.5) is 0 Å². The van der Waals surface area contributed by atoms with Gasteiger partial charge in [-0.2, -0.15) is 0 Å². The molecule has 0 aliphatic heterocycles. The normalized spacial score (nSPS) is 9.25. The van der Waals surface area contributed by atoms with Crippen LogP contribution >= 0.6 is 25.0 Å². The number of rotatable bonds is 3. The van der Waals surface area contributed by atoms with E-state index in [1.807, 2.05) is 18.2 Å². The van der Waals surface area contributed by atoms with Crippen LogP contribution < -0.4 is 4.74 Å². The topological polar surface area (TPSA) is 9.23 Å². The Bertz CT molecular complexity index is 267. The summed E-state index contributed by atoms with van der Waals surface area (Å²) in [5, 5.41) is 0. The summed E-state index contributed by atoms with van der Waals surface area (Å²) in [6.07, 6.45) is 0. The molecular formula is C8H8BrClMgO. The van der Waals surface area contributed by atoms with Crippen molar-refractivity contribution in [3.63, 3.8) is 0 Å². The minimum absolute atomic E-state index is 0.443. The van der Waals surface area contributed by atoms with Crippen LogP contribution in [-0.4, -0.2) is 26.4 Å². The maximum Gasteiger partial charge on any atom is 0.505 e. The smallest absolute Gasteiger partial charge is 0.497 e. The number of hydrogen-bond donors (Lipinski definition) is 0. The van der Waals surface area contributed by atoms with Gasteiger partial charge >= 0.3 is 19.3 Å². The fourth-order valence-corrected chi connectivity index (χ4v) is 3.01. The Morgan fingerprint density at radius 3 is 2.92 bits per heavy atom. The molecule has 62 valence electrons. The van der Waals surface area contributed by atoms with Gasteiger partial charge in [0.1, 0.15) is 5.75 Å². The van der Waals surface area contributed by atoms with E-state index in [0.29, 0.717) is 0 Å². The zero-order chi connectivity index (χ0) is 8.97.